The average Bonchev–Trinajstić information content (AvgIpc) is 3.32. The van der Waals surface area contributed by atoms with Crippen molar-refractivity contribution in [1.82, 2.24) is 20.4 Å². The maximum atomic E-state index is 5.60. The maximum absolute atomic E-state index is 5.60. The molecular formula is C26H36N4S. The van der Waals surface area contributed by atoms with Gasteiger partial charge in [0.05, 0.1) is 11.4 Å². The summed E-state index contributed by atoms with van der Waals surface area (Å²) >= 11 is 5.60. The third-order valence-corrected chi connectivity index (χ3v) is 7.10. The molecular weight excluding hydrogens is 400 g/mol. The Labute approximate surface area is 192 Å². The largest absolute Gasteiger partial charge is 0.360 e. The highest BCUT2D eigenvalue weighted by Gasteiger charge is 2.27. The molecule has 1 aromatic carbocycles. The van der Waals surface area contributed by atoms with Gasteiger partial charge in [0.25, 0.3) is 0 Å². The number of aryl methyl sites for hydroxylation is 1. The number of hydrogen-bond acceptors (Lipinski definition) is 2. The van der Waals surface area contributed by atoms with E-state index >= 15 is 0 Å². The summed E-state index contributed by atoms with van der Waals surface area (Å²) in [6.07, 6.45) is 12.1. The molecule has 4 rings (SSSR count). The SMILES string of the molecule is Cc1nn(-c2ccc(C(C)C)cc2)c(C)c1[C@@H]1C=C[C@@H](NC(=S)NC2CCCCC2)C1. The molecule has 31 heavy (non-hydrogen) atoms. The summed E-state index contributed by atoms with van der Waals surface area (Å²) in [7, 11) is 0. The summed E-state index contributed by atoms with van der Waals surface area (Å²) in [5.41, 5.74) is 6.18. The van der Waals surface area contributed by atoms with Crippen LogP contribution in [0.3, 0.4) is 0 Å². The molecule has 0 saturated heterocycles. The van der Waals surface area contributed by atoms with Crippen LogP contribution in [0.15, 0.2) is 36.4 Å². The number of nitrogens with zero attached hydrogens (tertiary/aromatic N) is 2. The van der Waals surface area contributed by atoms with E-state index in [2.05, 4.69) is 79.4 Å². The van der Waals surface area contributed by atoms with Crippen molar-refractivity contribution < 1.29 is 0 Å². The molecule has 1 aromatic heterocycles. The van der Waals surface area contributed by atoms with Crippen molar-refractivity contribution in [3.63, 3.8) is 0 Å². The Bertz CT molecular complexity index is 935. The van der Waals surface area contributed by atoms with Crippen LogP contribution >= 0.6 is 12.2 Å². The number of nitrogens with one attached hydrogen (secondary N) is 2. The molecule has 1 fully saturated rings. The summed E-state index contributed by atoms with van der Waals surface area (Å²) in [4.78, 5) is 0. The minimum Gasteiger partial charge on any atom is -0.360 e. The van der Waals surface area contributed by atoms with Gasteiger partial charge < -0.3 is 10.6 Å². The molecule has 0 amide bonds. The van der Waals surface area contributed by atoms with E-state index in [1.165, 1.54) is 48.9 Å². The first-order valence-corrected chi connectivity index (χ1v) is 12.2. The summed E-state index contributed by atoms with van der Waals surface area (Å²) < 4.78 is 2.10. The second-order valence-electron chi connectivity index (χ2n) is 9.53. The van der Waals surface area contributed by atoms with Crippen LogP contribution < -0.4 is 10.6 Å². The van der Waals surface area contributed by atoms with Crippen LogP contribution in [0.2, 0.25) is 0 Å². The van der Waals surface area contributed by atoms with Crippen LogP contribution in [-0.4, -0.2) is 27.0 Å². The van der Waals surface area contributed by atoms with E-state index in [4.69, 9.17) is 17.3 Å². The van der Waals surface area contributed by atoms with Crippen LogP contribution in [0.5, 0.6) is 0 Å². The van der Waals surface area contributed by atoms with Crippen molar-refractivity contribution in [1.29, 1.82) is 0 Å². The monoisotopic (exact) mass is 436 g/mol. The van der Waals surface area contributed by atoms with Crippen LogP contribution in [0.25, 0.3) is 5.69 Å². The third kappa shape index (κ3) is 5.03. The molecule has 4 nitrogen and oxygen atoms in total. The smallest absolute Gasteiger partial charge is 0.166 e. The molecule has 2 aliphatic rings. The Hall–Kier alpha value is -2.14. The van der Waals surface area contributed by atoms with Gasteiger partial charge in [-0.15, -0.1) is 0 Å². The fraction of sp³-hybridized carbons (Fsp3) is 0.538. The number of allylic oxidation sites excluding steroid dienone is 1. The van der Waals surface area contributed by atoms with E-state index < -0.39 is 0 Å². The Kier molecular flexibility index (Phi) is 6.80. The molecule has 2 aliphatic carbocycles. The normalized spacial score (nSPS) is 21.6. The zero-order valence-corrected chi connectivity index (χ0v) is 20.1. The number of aromatic nitrogens is 2. The summed E-state index contributed by atoms with van der Waals surface area (Å²) in [6.45, 7) is 8.77. The second kappa shape index (κ2) is 9.56. The van der Waals surface area contributed by atoms with E-state index in [9.17, 15) is 0 Å². The second-order valence-corrected chi connectivity index (χ2v) is 9.94. The quantitative estimate of drug-likeness (QED) is 0.458. The Balaban J connectivity index is 1.41. The van der Waals surface area contributed by atoms with Gasteiger partial charge >= 0.3 is 0 Å². The molecule has 1 heterocycles. The molecule has 0 radical (unpaired) electrons. The van der Waals surface area contributed by atoms with Gasteiger partial charge in [-0.2, -0.15) is 5.10 Å². The number of rotatable bonds is 5. The van der Waals surface area contributed by atoms with Gasteiger partial charge in [-0.25, -0.2) is 4.68 Å². The molecule has 2 aromatic rings. The third-order valence-electron chi connectivity index (χ3n) is 6.86. The fourth-order valence-electron chi connectivity index (χ4n) is 5.11. The molecule has 1 saturated carbocycles. The zero-order chi connectivity index (χ0) is 22.0. The molecule has 2 atom stereocenters. The van der Waals surface area contributed by atoms with Crippen LogP contribution in [0.4, 0.5) is 0 Å². The molecule has 0 aliphatic heterocycles. The summed E-state index contributed by atoms with van der Waals surface area (Å²) in [6, 6.07) is 9.61. The Morgan fingerprint density at radius 3 is 2.42 bits per heavy atom. The molecule has 0 unspecified atom stereocenters. The van der Waals surface area contributed by atoms with Crippen LogP contribution in [-0.2, 0) is 0 Å². The Morgan fingerprint density at radius 1 is 1.03 bits per heavy atom. The number of benzene rings is 1. The van der Waals surface area contributed by atoms with Gasteiger partial charge in [0, 0.05) is 29.3 Å². The lowest BCUT2D eigenvalue weighted by Crippen LogP contribution is -2.45. The van der Waals surface area contributed by atoms with Gasteiger partial charge in [-0.1, -0.05) is 57.4 Å². The van der Waals surface area contributed by atoms with Gasteiger partial charge in [0.15, 0.2) is 5.11 Å². The van der Waals surface area contributed by atoms with Crippen LogP contribution in [0.1, 0.15) is 86.7 Å². The van der Waals surface area contributed by atoms with Gasteiger partial charge in [0.2, 0.25) is 0 Å². The maximum Gasteiger partial charge on any atom is 0.166 e. The first kappa shape index (κ1) is 22.1. The van der Waals surface area contributed by atoms with Crippen molar-refractivity contribution in [3.8, 4) is 5.69 Å². The van der Waals surface area contributed by atoms with E-state index in [1.807, 2.05) is 0 Å². The van der Waals surface area contributed by atoms with Crippen molar-refractivity contribution in [3.05, 3.63) is 58.9 Å². The van der Waals surface area contributed by atoms with Crippen molar-refractivity contribution >= 4 is 17.3 Å². The highest BCUT2D eigenvalue weighted by Crippen LogP contribution is 2.34. The van der Waals surface area contributed by atoms with Crippen molar-refractivity contribution in [2.24, 2.45) is 0 Å². The lowest BCUT2D eigenvalue weighted by Gasteiger charge is -2.25. The standard InChI is InChI=1S/C26H36N4S/c1-17(2)20-11-14-24(15-12-20)30-19(4)25(18(3)29-30)21-10-13-23(16-21)28-26(31)27-22-8-6-5-7-9-22/h10-15,17,21-23H,5-9,16H2,1-4H3,(H2,27,28,31)/t21-,23-/m1/s1. The number of hydrogen-bond donors (Lipinski definition) is 2. The van der Waals surface area contributed by atoms with Crippen molar-refractivity contribution in [2.45, 2.75) is 90.1 Å². The predicted octanol–water partition coefficient (Wildman–Crippen LogP) is 5.82. The van der Waals surface area contributed by atoms with E-state index in [0.717, 1.165) is 22.9 Å². The molecule has 2 N–H and O–H groups in total. The zero-order valence-electron chi connectivity index (χ0n) is 19.3. The average molecular weight is 437 g/mol. The molecule has 0 spiro atoms. The van der Waals surface area contributed by atoms with E-state index in [1.54, 1.807) is 0 Å². The van der Waals surface area contributed by atoms with Crippen LogP contribution in [0, 0.1) is 13.8 Å². The Morgan fingerprint density at radius 2 is 1.74 bits per heavy atom. The lowest BCUT2D eigenvalue weighted by atomic mass is 9.95. The minimum atomic E-state index is 0.279. The van der Waals surface area contributed by atoms with Gasteiger partial charge in [0.1, 0.15) is 0 Å². The van der Waals surface area contributed by atoms with Gasteiger partial charge in [-0.3, -0.25) is 0 Å². The number of thiocarbonyl (C=S) groups is 1. The topological polar surface area (TPSA) is 41.9 Å². The minimum absolute atomic E-state index is 0.279. The fourth-order valence-corrected chi connectivity index (χ4v) is 5.42. The summed E-state index contributed by atoms with van der Waals surface area (Å²) in [5.74, 6) is 0.912. The first-order valence-electron chi connectivity index (χ1n) is 11.8. The first-order chi connectivity index (χ1) is 14.9. The highest BCUT2D eigenvalue weighted by atomic mass is 32.1. The highest BCUT2D eigenvalue weighted by molar-refractivity contribution is 7.80. The van der Waals surface area contributed by atoms with E-state index in [0.29, 0.717) is 17.9 Å². The summed E-state index contributed by atoms with van der Waals surface area (Å²) in [5, 5.41) is 12.7. The van der Waals surface area contributed by atoms with Crippen molar-refractivity contribution in [2.75, 3.05) is 0 Å². The van der Waals surface area contributed by atoms with Gasteiger partial charge in [-0.05, 0) is 68.9 Å². The lowest BCUT2D eigenvalue weighted by molar-refractivity contribution is 0.411. The van der Waals surface area contributed by atoms with E-state index in [-0.39, 0.29) is 6.04 Å². The molecule has 5 heteroatoms. The molecule has 166 valence electrons. The predicted molar refractivity (Wildman–Crippen MR) is 133 cm³/mol. The molecule has 0 bridgehead atoms.